The summed E-state index contributed by atoms with van der Waals surface area (Å²) in [7, 11) is 0. The van der Waals surface area contributed by atoms with Crippen molar-refractivity contribution in [3.63, 3.8) is 0 Å². The van der Waals surface area contributed by atoms with Gasteiger partial charge in [-0.25, -0.2) is 4.79 Å². The SMILES string of the molecule is CCNC(=O)CNC(=O)COC(=O)c1ccc(C)cc1O. The van der Waals surface area contributed by atoms with Crippen molar-refractivity contribution < 1.29 is 24.2 Å². The first-order valence-corrected chi connectivity index (χ1v) is 6.44. The first-order valence-electron chi connectivity index (χ1n) is 6.44. The van der Waals surface area contributed by atoms with Crippen LogP contribution in [0.2, 0.25) is 0 Å². The van der Waals surface area contributed by atoms with Crippen LogP contribution in [0.1, 0.15) is 22.8 Å². The molecule has 21 heavy (non-hydrogen) atoms. The molecule has 3 N–H and O–H groups in total. The summed E-state index contributed by atoms with van der Waals surface area (Å²) in [5.74, 6) is -1.93. The molecule has 1 rings (SSSR count). The van der Waals surface area contributed by atoms with E-state index in [4.69, 9.17) is 4.74 Å². The van der Waals surface area contributed by atoms with Crippen LogP contribution >= 0.6 is 0 Å². The predicted molar refractivity (Wildman–Crippen MR) is 74.8 cm³/mol. The van der Waals surface area contributed by atoms with Crippen LogP contribution in [-0.4, -0.2) is 42.6 Å². The lowest BCUT2D eigenvalue weighted by atomic mass is 10.1. The van der Waals surface area contributed by atoms with Gasteiger partial charge >= 0.3 is 5.97 Å². The van der Waals surface area contributed by atoms with Gasteiger partial charge in [0.2, 0.25) is 5.91 Å². The highest BCUT2D eigenvalue weighted by Gasteiger charge is 2.14. The summed E-state index contributed by atoms with van der Waals surface area (Å²) in [6.45, 7) is 3.29. The van der Waals surface area contributed by atoms with E-state index in [2.05, 4.69) is 10.6 Å². The molecular weight excluding hydrogens is 276 g/mol. The number of carbonyl (C=O) groups excluding carboxylic acids is 3. The minimum Gasteiger partial charge on any atom is -0.507 e. The Morgan fingerprint density at radius 1 is 1.19 bits per heavy atom. The molecule has 0 aromatic heterocycles. The predicted octanol–water partition coefficient (Wildman–Crippen LogP) is 0.110. The molecule has 0 heterocycles. The van der Waals surface area contributed by atoms with Crippen molar-refractivity contribution in [2.24, 2.45) is 0 Å². The topological polar surface area (TPSA) is 105 Å². The van der Waals surface area contributed by atoms with E-state index < -0.39 is 18.5 Å². The third-order valence-electron chi connectivity index (χ3n) is 2.53. The summed E-state index contributed by atoms with van der Waals surface area (Å²) in [5.41, 5.74) is 0.779. The van der Waals surface area contributed by atoms with Gasteiger partial charge in [-0.05, 0) is 31.5 Å². The van der Waals surface area contributed by atoms with E-state index in [9.17, 15) is 19.5 Å². The Balaban J connectivity index is 2.42. The molecule has 7 nitrogen and oxygen atoms in total. The van der Waals surface area contributed by atoms with Gasteiger partial charge < -0.3 is 20.5 Å². The Bertz CT molecular complexity index is 542. The number of benzene rings is 1. The Labute approximate surface area is 122 Å². The maximum absolute atomic E-state index is 11.7. The number of carbonyl (C=O) groups is 3. The van der Waals surface area contributed by atoms with E-state index in [-0.39, 0.29) is 23.8 Å². The molecule has 0 bridgehead atoms. The minimum absolute atomic E-state index is 0.0165. The number of hydrogen-bond donors (Lipinski definition) is 3. The molecule has 1 aromatic rings. The standard InChI is InChI=1S/C14H18N2O5/c1-3-15-12(18)7-16-13(19)8-21-14(20)10-5-4-9(2)6-11(10)17/h4-6,17H,3,7-8H2,1-2H3,(H,15,18)(H,16,19). The van der Waals surface area contributed by atoms with Crippen LogP contribution in [-0.2, 0) is 14.3 Å². The van der Waals surface area contributed by atoms with Crippen molar-refractivity contribution in [1.82, 2.24) is 10.6 Å². The van der Waals surface area contributed by atoms with Crippen molar-refractivity contribution in [2.45, 2.75) is 13.8 Å². The molecule has 0 atom stereocenters. The zero-order valence-electron chi connectivity index (χ0n) is 11.9. The molecule has 1 aromatic carbocycles. The Morgan fingerprint density at radius 2 is 1.90 bits per heavy atom. The summed E-state index contributed by atoms with van der Waals surface area (Å²) < 4.78 is 4.76. The van der Waals surface area contributed by atoms with Gasteiger partial charge in [-0.1, -0.05) is 6.07 Å². The number of ether oxygens (including phenoxy) is 1. The minimum atomic E-state index is -0.805. The first kappa shape index (κ1) is 16.5. The number of aryl methyl sites for hydroxylation is 1. The number of aromatic hydroxyl groups is 1. The number of phenolic OH excluding ortho intramolecular Hbond substituents is 1. The smallest absolute Gasteiger partial charge is 0.342 e. The van der Waals surface area contributed by atoms with Crippen LogP contribution in [0.3, 0.4) is 0 Å². The monoisotopic (exact) mass is 294 g/mol. The van der Waals surface area contributed by atoms with Gasteiger partial charge in [0.15, 0.2) is 6.61 Å². The van der Waals surface area contributed by atoms with Gasteiger partial charge in [0.1, 0.15) is 11.3 Å². The molecule has 0 aliphatic carbocycles. The highest BCUT2D eigenvalue weighted by atomic mass is 16.5. The second-order valence-corrected chi connectivity index (χ2v) is 4.33. The number of amides is 2. The van der Waals surface area contributed by atoms with Crippen LogP contribution in [0.4, 0.5) is 0 Å². The molecule has 0 saturated heterocycles. The number of hydrogen-bond acceptors (Lipinski definition) is 5. The molecule has 0 spiro atoms. The molecule has 0 saturated carbocycles. The maximum Gasteiger partial charge on any atom is 0.342 e. The second-order valence-electron chi connectivity index (χ2n) is 4.33. The lowest BCUT2D eigenvalue weighted by Crippen LogP contribution is -2.38. The summed E-state index contributed by atoms with van der Waals surface area (Å²) in [6, 6.07) is 4.48. The van der Waals surface area contributed by atoms with E-state index in [0.717, 1.165) is 5.56 Å². The molecule has 0 aliphatic heterocycles. The average Bonchev–Trinajstić information content (AvgIpc) is 2.43. The summed E-state index contributed by atoms with van der Waals surface area (Å²) >= 11 is 0. The first-order chi connectivity index (χ1) is 9.93. The normalized spacial score (nSPS) is 9.81. The van der Waals surface area contributed by atoms with Crippen molar-refractivity contribution >= 4 is 17.8 Å². The fourth-order valence-electron chi connectivity index (χ4n) is 1.51. The molecule has 0 aliphatic rings. The molecule has 114 valence electrons. The van der Waals surface area contributed by atoms with E-state index in [1.165, 1.54) is 12.1 Å². The molecule has 0 unspecified atom stereocenters. The van der Waals surface area contributed by atoms with Crippen LogP contribution in [0.5, 0.6) is 5.75 Å². The largest absolute Gasteiger partial charge is 0.507 e. The fourth-order valence-corrected chi connectivity index (χ4v) is 1.51. The van der Waals surface area contributed by atoms with Gasteiger partial charge in [0.25, 0.3) is 5.91 Å². The average molecular weight is 294 g/mol. The van der Waals surface area contributed by atoms with Crippen molar-refractivity contribution in [1.29, 1.82) is 0 Å². The van der Waals surface area contributed by atoms with Crippen LogP contribution in [0.25, 0.3) is 0 Å². The molecule has 0 radical (unpaired) electrons. The number of rotatable bonds is 6. The van der Waals surface area contributed by atoms with E-state index in [0.29, 0.717) is 6.54 Å². The lowest BCUT2D eigenvalue weighted by Gasteiger charge is -2.08. The van der Waals surface area contributed by atoms with Crippen molar-refractivity contribution in [3.8, 4) is 5.75 Å². The van der Waals surface area contributed by atoms with Gasteiger partial charge in [-0.15, -0.1) is 0 Å². The number of nitrogens with one attached hydrogen (secondary N) is 2. The summed E-state index contributed by atoms with van der Waals surface area (Å²) in [6.07, 6.45) is 0. The highest BCUT2D eigenvalue weighted by Crippen LogP contribution is 2.19. The number of phenols is 1. The number of esters is 1. The Hall–Kier alpha value is -2.57. The fraction of sp³-hybridized carbons (Fsp3) is 0.357. The van der Waals surface area contributed by atoms with Gasteiger partial charge in [0.05, 0.1) is 6.54 Å². The molecule has 2 amide bonds. The quantitative estimate of drug-likeness (QED) is 0.646. The van der Waals surface area contributed by atoms with Crippen molar-refractivity contribution in [3.05, 3.63) is 29.3 Å². The maximum atomic E-state index is 11.7. The summed E-state index contributed by atoms with van der Waals surface area (Å²) in [4.78, 5) is 34.2. The molecule has 7 heteroatoms. The third kappa shape index (κ3) is 5.52. The van der Waals surface area contributed by atoms with E-state index >= 15 is 0 Å². The van der Waals surface area contributed by atoms with Gasteiger partial charge in [0, 0.05) is 6.54 Å². The molecule has 0 fully saturated rings. The van der Waals surface area contributed by atoms with Gasteiger partial charge in [-0.3, -0.25) is 9.59 Å². The molecular formula is C14H18N2O5. The van der Waals surface area contributed by atoms with Gasteiger partial charge in [-0.2, -0.15) is 0 Å². The second kappa shape index (κ2) is 7.88. The highest BCUT2D eigenvalue weighted by molar-refractivity contribution is 5.94. The van der Waals surface area contributed by atoms with Crippen molar-refractivity contribution in [2.75, 3.05) is 19.7 Å². The zero-order valence-corrected chi connectivity index (χ0v) is 11.9. The van der Waals surface area contributed by atoms with Crippen LogP contribution in [0.15, 0.2) is 18.2 Å². The Kier molecular flexibility index (Phi) is 6.19. The number of likely N-dealkylation sites (N-methyl/N-ethyl adjacent to an activating group) is 1. The third-order valence-corrected chi connectivity index (χ3v) is 2.53. The van der Waals surface area contributed by atoms with Crippen LogP contribution in [0, 0.1) is 6.92 Å². The van der Waals surface area contributed by atoms with E-state index in [1.807, 2.05) is 0 Å². The lowest BCUT2D eigenvalue weighted by molar-refractivity contribution is -0.127. The summed E-state index contributed by atoms with van der Waals surface area (Å²) in [5, 5.41) is 14.4. The van der Waals surface area contributed by atoms with E-state index in [1.54, 1.807) is 19.9 Å². The zero-order chi connectivity index (χ0) is 15.8. The van der Waals surface area contributed by atoms with Crippen LogP contribution < -0.4 is 10.6 Å². The Morgan fingerprint density at radius 3 is 2.52 bits per heavy atom.